The fourth-order valence-electron chi connectivity index (χ4n) is 0.881. The van der Waals surface area contributed by atoms with Crippen LogP contribution in [0.15, 0.2) is 0 Å². The van der Waals surface area contributed by atoms with E-state index in [1.54, 1.807) is 6.92 Å². The van der Waals surface area contributed by atoms with Crippen molar-refractivity contribution in [1.29, 1.82) is 0 Å². The van der Waals surface area contributed by atoms with Crippen LogP contribution in [0.4, 0.5) is 30.7 Å². The zero-order chi connectivity index (χ0) is 14.6. The van der Waals surface area contributed by atoms with Gasteiger partial charge in [0.25, 0.3) is 0 Å². The monoisotopic (exact) mass is 392 g/mol. The molecule has 108 valence electrons. The molecule has 10 heteroatoms. The predicted molar refractivity (Wildman–Crippen MR) is 48.1 cm³/mol. The second-order valence-corrected chi connectivity index (χ2v) is 7.48. The zero-order valence-electron chi connectivity index (χ0n) is 9.29. The third kappa shape index (κ3) is 4.63. The predicted octanol–water partition coefficient (Wildman–Crippen LogP) is 3.55. The summed E-state index contributed by atoms with van der Waals surface area (Å²) in [6, 6.07) is 0. The van der Waals surface area contributed by atoms with Crippen LogP contribution in [0.2, 0.25) is 4.44 Å². The van der Waals surface area contributed by atoms with Gasteiger partial charge in [0.05, 0.1) is 0 Å². The van der Waals surface area contributed by atoms with Gasteiger partial charge < -0.3 is 0 Å². The number of alkyl halides is 7. The van der Waals surface area contributed by atoms with E-state index in [9.17, 15) is 33.8 Å². The summed E-state index contributed by atoms with van der Waals surface area (Å²) in [5.74, 6) is -11.6. The van der Waals surface area contributed by atoms with E-state index < -0.39 is 42.6 Å². The Balaban J connectivity index is 4.60. The Morgan fingerprint density at radius 3 is 1.94 bits per heavy atom. The molecule has 0 atom stereocenters. The SMILES string of the molecule is CCCC[O][Sn](=[O])[CH2]C(F)(F)C(F)(F)C(F)(F)F. The van der Waals surface area contributed by atoms with Crippen LogP contribution in [0.5, 0.6) is 0 Å². The van der Waals surface area contributed by atoms with E-state index in [2.05, 4.69) is 3.07 Å². The molecule has 0 radical (unpaired) electrons. The minimum atomic E-state index is -6.39. The van der Waals surface area contributed by atoms with Gasteiger partial charge in [-0.2, -0.15) is 0 Å². The zero-order valence-corrected chi connectivity index (χ0v) is 12.1. The summed E-state index contributed by atoms with van der Waals surface area (Å²) in [6.07, 6.45) is -5.43. The normalized spacial score (nSPS) is 13.8. The van der Waals surface area contributed by atoms with Crippen LogP contribution in [0, 0.1) is 0 Å². The van der Waals surface area contributed by atoms with Gasteiger partial charge in [-0.25, -0.2) is 0 Å². The van der Waals surface area contributed by atoms with Crippen LogP contribution < -0.4 is 0 Å². The van der Waals surface area contributed by atoms with E-state index in [4.69, 9.17) is 0 Å². The van der Waals surface area contributed by atoms with Crippen molar-refractivity contribution in [1.82, 2.24) is 0 Å². The third-order valence-electron chi connectivity index (χ3n) is 1.94. The summed E-state index contributed by atoms with van der Waals surface area (Å²) in [7, 11) is 0. The Bertz CT molecular complexity index is 290. The van der Waals surface area contributed by atoms with Gasteiger partial charge in [0, 0.05) is 0 Å². The van der Waals surface area contributed by atoms with Gasteiger partial charge in [-0.05, 0) is 0 Å². The van der Waals surface area contributed by atoms with Crippen molar-refractivity contribution in [2.45, 2.75) is 42.2 Å². The van der Waals surface area contributed by atoms with Gasteiger partial charge in [-0.15, -0.1) is 0 Å². The van der Waals surface area contributed by atoms with Gasteiger partial charge in [0.2, 0.25) is 0 Å². The maximum absolute atomic E-state index is 12.8. The molecule has 0 unspecified atom stereocenters. The van der Waals surface area contributed by atoms with E-state index in [0.29, 0.717) is 12.8 Å². The van der Waals surface area contributed by atoms with Crippen LogP contribution in [-0.2, 0) is 6.15 Å². The van der Waals surface area contributed by atoms with E-state index in [-0.39, 0.29) is 6.61 Å². The number of hydrogen-bond acceptors (Lipinski definition) is 2. The van der Waals surface area contributed by atoms with Gasteiger partial charge in [-0.3, -0.25) is 0 Å². The molecule has 0 rings (SSSR count). The second-order valence-electron chi connectivity index (χ2n) is 3.53. The summed E-state index contributed by atoms with van der Waals surface area (Å²) in [5.41, 5.74) is 0. The van der Waals surface area contributed by atoms with E-state index in [1.807, 2.05) is 0 Å². The molecule has 0 amide bonds. The van der Waals surface area contributed by atoms with Crippen LogP contribution in [-0.4, -0.2) is 44.8 Å². The summed E-state index contributed by atoms with van der Waals surface area (Å²) in [4.78, 5) is 0. The maximum atomic E-state index is 12.8. The molecule has 0 bridgehead atoms. The molecule has 2 nitrogen and oxygen atoms in total. The molecule has 0 aromatic heterocycles. The number of hydrogen-bond donors (Lipinski definition) is 0. The Morgan fingerprint density at radius 1 is 1.06 bits per heavy atom. The molecular formula is C8H11F7O2Sn. The molecular weight excluding hydrogens is 380 g/mol. The standard InChI is InChI=1S/C4H2F7.C4H9O.O.Sn/c1-2(5,6)3(7,8)4(9,10)11;1-2-3-4-5;;/h1H2;2-4H2,1H3;;/q;-1;;+1. The molecule has 0 saturated carbocycles. The average molecular weight is 391 g/mol. The molecule has 0 aliphatic heterocycles. The third-order valence-corrected chi connectivity index (χ3v) is 5.54. The molecule has 18 heavy (non-hydrogen) atoms. The van der Waals surface area contributed by atoms with E-state index in [1.165, 1.54) is 0 Å². The van der Waals surface area contributed by atoms with E-state index in [0.717, 1.165) is 0 Å². The second kappa shape index (κ2) is 6.49. The van der Waals surface area contributed by atoms with Gasteiger partial charge in [-0.1, -0.05) is 0 Å². The van der Waals surface area contributed by atoms with Crippen molar-refractivity contribution in [3.63, 3.8) is 0 Å². The fourth-order valence-corrected chi connectivity index (χ4v) is 3.90. The van der Waals surface area contributed by atoms with Gasteiger partial charge in [0.15, 0.2) is 0 Å². The van der Waals surface area contributed by atoms with E-state index >= 15 is 0 Å². The first-order valence-corrected chi connectivity index (χ1v) is 9.28. The van der Waals surface area contributed by atoms with Crippen molar-refractivity contribution in [3.05, 3.63) is 0 Å². The number of unbranched alkanes of at least 4 members (excludes halogenated alkanes) is 1. The summed E-state index contributed by atoms with van der Waals surface area (Å²) in [6.45, 7) is 1.53. The Hall–Kier alpha value is 0.0687. The van der Waals surface area contributed by atoms with Crippen LogP contribution in [0.3, 0.4) is 0 Å². The van der Waals surface area contributed by atoms with Crippen molar-refractivity contribution >= 4 is 20.2 Å². The Kier molecular flexibility index (Phi) is 6.51. The minimum absolute atomic E-state index is 0.178. The topological polar surface area (TPSA) is 26.3 Å². The molecule has 0 N–H and O–H groups in total. The Labute approximate surface area is 106 Å². The van der Waals surface area contributed by atoms with Crippen molar-refractivity contribution in [3.8, 4) is 0 Å². The van der Waals surface area contributed by atoms with Crippen molar-refractivity contribution < 1.29 is 36.9 Å². The average Bonchev–Trinajstić information content (AvgIpc) is 2.15. The quantitative estimate of drug-likeness (QED) is 0.377. The summed E-state index contributed by atoms with van der Waals surface area (Å²) in [5, 5.41) is 0. The molecule has 0 aromatic carbocycles. The van der Waals surface area contributed by atoms with Crippen molar-refractivity contribution in [2.75, 3.05) is 6.61 Å². The van der Waals surface area contributed by atoms with Crippen molar-refractivity contribution in [2.24, 2.45) is 0 Å². The van der Waals surface area contributed by atoms with Crippen LogP contribution in [0.25, 0.3) is 0 Å². The first-order valence-electron chi connectivity index (χ1n) is 4.93. The summed E-state index contributed by atoms with van der Waals surface area (Å²) < 4.78 is 98.9. The van der Waals surface area contributed by atoms with Crippen LogP contribution >= 0.6 is 0 Å². The number of rotatable bonds is 7. The first kappa shape index (κ1) is 18.1. The molecule has 0 aliphatic rings. The molecule has 0 fully saturated rings. The van der Waals surface area contributed by atoms with Crippen LogP contribution in [0.1, 0.15) is 19.8 Å². The molecule has 0 aliphatic carbocycles. The molecule has 0 spiro atoms. The molecule has 0 heterocycles. The number of halogens is 7. The van der Waals surface area contributed by atoms with Gasteiger partial charge >= 0.3 is 106 Å². The molecule has 0 aromatic rings. The van der Waals surface area contributed by atoms with Gasteiger partial charge in [0.1, 0.15) is 0 Å². The summed E-state index contributed by atoms with van der Waals surface area (Å²) >= 11 is -4.59. The Morgan fingerprint density at radius 2 is 1.56 bits per heavy atom. The first-order chi connectivity index (χ1) is 7.95. The molecule has 0 saturated heterocycles. The fraction of sp³-hybridized carbons (Fsp3) is 1.00.